The van der Waals surface area contributed by atoms with Crippen LogP contribution in [-0.4, -0.2) is 17.6 Å². The van der Waals surface area contributed by atoms with Gasteiger partial charge in [0.15, 0.2) is 0 Å². The van der Waals surface area contributed by atoms with Gasteiger partial charge in [-0.2, -0.15) is 0 Å². The van der Waals surface area contributed by atoms with Crippen LogP contribution in [0, 0.1) is 6.92 Å². The van der Waals surface area contributed by atoms with Gasteiger partial charge in [0.1, 0.15) is 0 Å². The zero-order valence-electron chi connectivity index (χ0n) is 11.4. The van der Waals surface area contributed by atoms with Gasteiger partial charge in [-0.05, 0) is 36.1 Å². The predicted octanol–water partition coefficient (Wildman–Crippen LogP) is 2.19. The van der Waals surface area contributed by atoms with E-state index in [4.69, 9.17) is 5.73 Å². The number of thioether (sulfide) groups is 1. The second kappa shape index (κ2) is 7.14. The topological polar surface area (TPSA) is 84.2 Å². The van der Waals surface area contributed by atoms with E-state index < -0.39 is 0 Å². The average Bonchev–Trinajstić information content (AvgIpc) is 2.98. The van der Waals surface area contributed by atoms with E-state index >= 15 is 0 Å². The third-order valence-electron chi connectivity index (χ3n) is 2.58. The fraction of sp³-hybridized carbons (Fsp3) is 0.143. The summed E-state index contributed by atoms with van der Waals surface area (Å²) in [6.07, 6.45) is 0. The molecule has 0 bridgehead atoms. The van der Waals surface area contributed by atoms with Crippen LogP contribution in [0.4, 0.5) is 5.69 Å². The maximum atomic E-state index is 11.7. The van der Waals surface area contributed by atoms with Crippen LogP contribution in [0.5, 0.6) is 0 Å². The Hall–Kier alpha value is -1.99. The first-order valence-corrected chi connectivity index (χ1v) is 8.04. The van der Waals surface area contributed by atoms with E-state index in [1.807, 2.05) is 25.1 Å². The smallest absolute Gasteiger partial charge is 0.279 e. The van der Waals surface area contributed by atoms with Gasteiger partial charge in [0, 0.05) is 10.6 Å². The van der Waals surface area contributed by atoms with Gasteiger partial charge in [0.05, 0.1) is 10.6 Å². The number of hydrazine groups is 1. The van der Waals surface area contributed by atoms with Crippen molar-refractivity contribution < 1.29 is 9.59 Å². The highest BCUT2D eigenvalue weighted by atomic mass is 32.2. The molecule has 0 unspecified atom stereocenters. The molecule has 2 amide bonds. The lowest BCUT2D eigenvalue weighted by atomic mass is 10.2. The minimum Gasteiger partial charge on any atom is -0.398 e. The molecule has 0 aliphatic rings. The number of benzene rings is 1. The molecule has 2 rings (SSSR count). The molecule has 0 fully saturated rings. The summed E-state index contributed by atoms with van der Waals surface area (Å²) < 4.78 is 0. The summed E-state index contributed by atoms with van der Waals surface area (Å²) in [5, 5.41) is 1.80. The van der Waals surface area contributed by atoms with Gasteiger partial charge in [-0.25, -0.2) is 0 Å². The number of nitrogens with two attached hydrogens (primary N) is 1. The van der Waals surface area contributed by atoms with Gasteiger partial charge in [-0.15, -0.1) is 23.1 Å². The SMILES string of the molecule is Cc1ccc(SCC(=O)NNC(=O)c2cccs2)c(N)c1. The molecule has 0 saturated carbocycles. The van der Waals surface area contributed by atoms with Crippen LogP contribution in [0.1, 0.15) is 15.2 Å². The lowest BCUT2D eigenvalue weighted by Gasteiger charge is -2.08. The van der Waals surface area contributed by atoms with Crippen LogP contribution in [0.25, 0.3) is 0 Å². The van der Waals surface area contributed by atoms with E-state index in [9.17, 15) is 9.59 Å². The number of thiophene rings is 1. The molecule has 110 valence electrons. The number of amides is 2. The van der Waals surface area contributed by atoms with E-state index in [0.717, 1.165) is 10.5 Å². The van der Waals surface area contributed by atoms with Crippen molar-refractivity contribution in [2.24, 2.45) is 0 Å². The second-order valence-corrected chi connectivity index (χ2v) is 6.27. The summed E-state index contributed by atoms with van der Waals surface area (Å²) >= 11 is 2.64. The molecule has 5 nitrogen and oxygen atoms in total. The number of nitrogens with one attached hydrogen (secondary N) is 2. The minimum atomic E-state index is -0.321. The van der Waals surface area contributed by atoms with Crippen molar-refractivity contribution in [3.05, 3.63) is 46.2 Å². The second-order valence-electron chi connectivity index (χ2n) is 4.31. The number of anilines is 1. The third-order valence-corrected chi connectivity index (χ3v) is 4.54. The quantitative estimate of drug-likeness (QED) is 0.458. The average molecular weight is 321 g/mol. The fourth-order valence-electron chi connectivity index (χ4n) is 1.57. The van der Waals surface area contributed by atoms with Crippen LogP contribution >= 0.6 is 23.1 Å². The third kappa shape index (κ3) is 4.51. The Balaban J connectivity index is 1.78. The molecular weight excluding hydrogens is 306 g/mol. The van der Waals surface area contributed by atoms with Crippen molar-refractivity contribution >= 4 is 40.6 Å². The molecule has 0 radical (unpaired) electrons. The number of carbonyl (C=O) groups excluding carboxylic acids is 2. The fourth-order valence-corrected chi connectivity index (χ4v) is 2.94. The molecule has 0 spiro atoms. The van der Waals surface area contributed by atoms with Gasteiger partial charge in [0.25, 0.3) is 5.91 Å². The van der Waals surface area contributed by atoms with Crippen LogP contribution in [0.2, 0.25) is 0 Å². The molecule has 4 N–H and O–H groups in total. The summed E-state index contributed by atoms with van der Waals surface area (Å²) in [6, 6.07) is 9.14. The standard InChI is InChI=1S/C14H15N3O2S2/c1-9-4-5-11(10(15)7-9)21-8-13(18)16-17-14(19)12-3-2-6-20-12/h2-7H,8,15H2,1H3,(H,16,18)(H,17,19). The van der Waals surface area contributed by atoms with Crippen molar-refractivity contribution in [2.75, 3.05) is 11.5 Å². The van der Waals surface area contributed by atoms with Crippen LogP contribution in [0.3, 0.4) is 0 Å². The highest BCUT2D eigenvalue weighted by Gasteiger charge is 2.09. The van der Waals surface area contributed by atoms with Crippen LogP contribution < -0.4 is 16.6 Å². The Morgan fingerprint density at radius 1 is 1.29 bits per heavy atom. The summed E-state index contributed by atoms with van der Waals surface area (Å²) in [6.45, 7) is 1.96. The number of aryl methyl sites for hydroxylation is 1. The molecule has 0 atom stereocenters. The molecule has 1 aromatic heterocycles. The Morgan fingerprint density at radius 2 is 2.10 bits per heavy atom. The van der Waals surface area contributed by atoms with Gasteiger partial charge >= 0.3 is 0 Å². The molecule has 1 aromatic carbocycles. The molecular formula is C14H15N3O2S2. The van der Waals surface area contributed by atoms with Crippen molar-refractivity contribution in [3.8, 4) is 0 Å². The predicted molar refractivity (Wildman–Crippen MR) is 86.2 cm³/mol. The lowest BCUT2D eigenvalue weighted by molar-refractivity contribution is -0.119. The molecule has 0 aliphatic carbocycles. The van der Waals surface area contributed by atoms with Crippen molar-refractivity contribution in [3.63, 3.8) is 0 Å². The van der Waals surface area contributed by atoms with Gasteiger partial charge in [0.2, 0.25) is 5.91 Å². The maximum absolute atomic E-state index is 11.7. The highest BCUT2D eigenvalue weighted by Crippen LogP contribution is 2.25. The lowest BCUT2D eigenvalue weighted by Crippen LogP contribution is -2.42. The van der Waals surface area contributed by atoms with Crippen LogP contribution in [0.15, 0.2) is 40.6 Å². The van der Waals surface area contributed by atoms with Crippen molar-refractivity contribution in [2.45, 2.75) is 11.8 Å². The van der Waals surface area contributed by atoms with E-state index in [-0.39, 0.29) is 17.6 Å². The first-order valence-electron chi connectivity index (χ1n) is 6.18. The summed E-state index contributed by atoms with van der Waals surface area (Å²) in [5.74, 6) is -0.430. The zero-order chi connectivity index (χ0) is 15.2. The molecule has 21 heavy (non-hydrogen) atoms. The Kier molecular flexibility index (Phi) is 5.24. The number of hydrogen-bond donors (Lipinski definition) is 3. The maximum Gasteiger partial charge on any atom is 0.279 e. The largest absolute Gasteiger partial charge is 0.398 e. The van der Waals surface area contributed by atoms with E-state index in [1.165, 1.54) is 23.1 Å². The Bertz CT molecular complexity index is 642. The monoisotopic (exact) mass is 321 g/mol. The van der Waals surface area contributed by atoms with Crippen molar-refractivity contribution in [1.82, 2.24) is 10.9 Å². The number of rotatable bonds is 4. The molecule has 1 heterocycles. The number of hydrogen-bond acceptors (Lipinski definition) is 5. The zero-order valence-corrected chi connectivity index (χ0v) is 13.0. The number of carbonyl (C=O) groups is 2. The van der Waals surface area contributed by atoms with Gasteiger partial charge in [-0.3, -0.25) is 20.4 Å². The first-order chi connectivity index (χ1) is 10.1. The van der Waals surface area contributed by atoms with Crippen LogP contribution in [-0.2, 0) is 4.79 Å². The molecule has 0 aliphatic heterocycles. The Morgan fingerprint density at radius 3 is 2.76 bits per heavy atom. The summed E-state index contributed by atoms with van der Waals surface area (Å²) in [7, 11) is 0. The van der Waals surface area contributed by atoms with Gasteiger partial charge in [-0.1, -0.05) is 12.1 Å². The van der Waals surface area contributed by atoms with Gasteiger partial charge < -0.3 is 5.73 Å². The molecule has 0 saturated heterocycles. The normalized spacial score (nSPS) is 10.1. The summed E-state index contributed by atoms with van der Waals surface area (Å²) in [4.78, 5) is 24.7. The van der Waals surface area contributed by atoms with E-state index in [2.05, 4.69) is 10.9 Å². The molecule has 2 aromatic rings. The Labute approximate surface area is 130 Å². The molecule has 7 heteroatoms. The number of nitrogen functional groups attached to an aromatic ring is 1. The minimum absolute atomic E-state index is 0.179. The first kappa shape index (κ1) is 15.4. The van der Waals surface area contributed by atoms with E-state index in [1.54, 1.807) is 17.5 Å². The van der Waals surface area contributed by atoms with Crippen molar-refractivity contribution in [1.29, 1.82) is 0 Å². The summed E-state index contributed by atoms with van der Waals surface area (Å²) in [5.41, 5.74) is 12.3. The van der Waals surface area contributed by atoms with E-state index in [0.29, 0.717) is 10.6 Å². The highest BCUT2D eigenvalue weighted by molar-refractivity contribution is 8.00.